The Morgan fingerprint density at radius 2 is 1.92 bits per heavy atom. The van der Waals surface area contributed by atoms with Crippen LogP contribution in [0.4, 0.5) is 5.13 Å². The number of benzene rings is 1. The van der Waals surface area contributed by atoms with Crippen LogP contribution in [0.3, 0.4) is 0 Å². The minimum absolute atomic E-state index is 0.0771. The van der Waals surface area contributed by atoms with Gasteiger partial charge in [0.05, 0.1) is 10.9 Å². The molecule has 0 unspecified atom stereocenters. The highest BCUT2D eigenvalue weighted by molar-refractivity contribution is 8.23. The van der Waals surface area contributed by atoms with Gasteiger partial charge >= 0.3 is 0 Å². The Morgan fingerprint density at radius 3 is 2.50 bits per heavy atom. The van der Waals surface area contributed by atoms with Gasteiger partial charge in [-0.1, -0.05) is 55.2 Å². The first-order chi connectivity index (χ1) is 12.5. The molecule has 0 bridgehead atoms. The van der Waals surface area contributed by atoms with Gasteiger partial charge in [0.25, 0.3) is 0 Å². The van der Waals surface area contributed by atoms with E-state index in [0.29, 0.717) is 5.13 Å². The molecule has 1 N–H and O–H groups in total. The number of hydrogen-bond acceptors (Lipinski definition) is 5. The summed E-state index contributed by atoms with van der Waals surface area (Å²) in [5, 5.41) is 5.22. The third-order valence-electron chi connectivity index (χ3n) is 4.06. The van der Waals surface area contributed by atoms with Crippen molar-refractivity contribution in [2.75, 3.05) is 18.4 Å². The number of anilines is 1. The van der Waals surface area contributed by atoms with E-state index in [4.69, 9.17) is 12.2 Å². The number of carbonyl (C=O) groups excluding carboxylic acids is 1. The van der Waals surface area contributed by atoms with Crippen LogP contribution in [0.15, 0.2) is 29.6 Å². The van der Waals surface area contributed by atoms with Crippen LogP contribution in [0.2, 0.25) is 0 Å². The Bertz CT molecular complexity index is 739. The number of rotatable bonds is 7. The van der Waals surface area contributed by atoms with Crippen LogP contribution in [0.5, 0.6) is 0 Å². The van der Waals surface area contributed by atoms with Gasteiger partial charge in [0.15, 0.2) is 5.13 Å². The average molecular weight is 408 g/mol. The zero-order chi connectivity index (χ0) is 19.1. The second kappa shape index (κ2) is 10.0. The minimum atomic E-state index is -0.265. The number of amides is 1. The van der Waals surface area contributed by atoms with E-state index in [1.165, 1.54) is 28.7 Å². The van der Waals surface area contributed by atoms with Gasteiger partial charge in [0.1, 0.15) is 4.32 Å². The predicted molar refractivity (Wildman–Crippen MR) is 118 cm³/mol. The molecule has 0 fully saturated rings. The van der Waals surface area contributed by atoms with E-state index in [1.54, 1.807) is 0 Å². The fourth-order valence-corrected chi connectivity index (χ4v) is 4.63. The maximum atomic E-state index is 12.4. The van der Waals surface area contributed by atoms with Crippen molar-refractivity contribution in [1.29, 1.82) is 0 Å². The third kappa shape index (κ3) is 5.53. The maximum absolute atomic E-state index is 12.4. The molecule has 1 heterocycles. The van der Waals surface area contributed by atoms with Gasteiger partial charge in [-0.15, -0.1) is 11.3 Å². The van der Waals surface area contributed by atoms with Gasteiger partial charge in [-0.3, -0.25) is 4.79 Å². The molecule has 140 valence electrons. The summed E-state index contributed by atoms with van der Waals surface area (Å²) in [6, 6.07) is 8.36. The molecule has 0 aliphatic heterocycles. The normalized spacial score (nSPS) is 11.8. The summed E-state index contributed by atoms with van der Waals surface area (Å²) in [5.41, 5.74) is 3.24. The molecule has 0 spiro atoms. The maximum Gasteiger partial charge on any atom is 0.239 e. The molecule has 0 saturated heterocycles. The summed E-state index contributed by atoms with van der Waals surface area (Å²) in [7, 11) is 0. The average Bonchev–Trinajstić information content (AvgIpc) is 3.11. The number of carbonyl (C=O) groups is 1. The van der Waals surface area contributed by atoms with Gasteiger partial charge in [-0.25, -0.2) is 4.98 Å². The van der Waals surface area contributed by atoms with Crippen LogP contribution >= 0.6 is 35.3 Å². The molecular weight excluding hydrogens is 382 g/mol. The van der Waals surface area contributed by atoms with Gasteiger partial charge in [-0.05, 0) is 32.8 Å². The Labute approximate surface area is 169 Å². The standard InChI is InChI=1S/C19H25N3OS3/c1-5-14-8-10-15(11-9-14)16-12-25-18(20-16)21-17(23)13(4)26-19(24)22(6-2)7-3/h8-13H,5-7H2,1-4H3,(H,20,21,23)/t13-/m0/s1. The summed E-state index contributed by atoms with van der Waals surface area (Å²) in [4.78, 5) is 19.0. The first-order valence-corrected chi connectivity index (χ1v) is 11.0. The van der Waals surface area contributed by atoms with Crippen molar-refractivity contribution in [2.24, 2.45) is 0 Å². The van der Waals surface area contributed by atoms with E-state index in [1.807, 2.05) is 12.3 Å². The summed E-state index contributed by atoms with van der Waals surface area (Å²) < 4.78 is 0.758. The van der Waals surface area contributed by atoms with Gasteiger partial charge < -0.3 is 10.2 Å². The van der Waals surface area contributed by atoms with Crippen molar-refractivity contribution in [3.8, 4) is 11.3 Å². The van der Waals surface area contributed by atoms with E-state index in [2.05, 4.69) is 60.2 Å². The van der Waals surface area contributed by atoms with Crippen LogP contribution in [0, 0.1) is 0 Å². The molecule has 4 nitrogen and oxygen atoms in total. The van der Waals surface area contributed by atoms with Gasteiger partial charge in [-0.2, -0.15) is 0 Å². The van der Waals surface area contributed by atoms with Crippen LogP contribution in [0.1, 0.15) is 33.3 Å². The number of thiazole rings is 1. The smallest absolute Gasteiger partial charge is 0.239 e. The van der Waals surface area contributed by atoms with Crippen LogP contribution in [-0.4, -0.2) is 38.5 Å². The second-order valence-electron chi connectivity index (χ2n) is 5.78. The zero-order valence-electron chi connectivity index (χ0n) is 15.6. The number of aromatic nitrogens is 1. The van der Waals surface area contributed by atoms with Crippen LogP contribution in [0.25, 0.3) is 11.3 Å². The molecule has 0 saturated carbocycles. The predicted octanol–water partition coefficient (Wildman–Crippen LogP) is 5.06. The number of hydrogen-bond donors (Lipinski definition) is 1. The van der Waals surface area contributed by atoms with Crippen molar-refractivity contribution in [3.05, 3.63) is 35.2 Å². The summed E-state index contributed by atoms with van der Waals surface area (Å²) in [6.45, 7) is 9.83. The Hall–Kier alpha value is -1.44. The first kappa shape index (κ1) is 20.9. The fourth-order valence-electron chi connectivity index (χ4n) is 2.34. The molecule has 2 aromatic rings. The molecular formula is C19H25N3OS3. The molecule has 2 rings (SSSR count). The molecule has 26 heavy (non-hydrogen) atoms. The topological polar surface area (TPSA) is 45.2 Å². The quantitative estimate of drug-likeness (QED) is 0.650. The van der Waals surface area contributed by atoms with E-state index in [9.17, 15) is 4.79 Å². The van der Waals surface area contributed by atoms with Crippen molar-refractivity contribution in [2.45, 2.75) is 39.4 Å². The zero-order valence-corrected chi connectivity index (χ0v) is 18.1. The number of nitrogens with zero attached hydrogens (tertiary/aromatic N) is 2. The highest BCUT2D eigenvalue weighted by atomic mass is 32.2. The largest absolute Gasteiger partial charge is 0.358 e. The summed E-state index contributed by atoms with van der Waals surface area (Å²) in [5.74, 6) is -0.0771. The lowest BCUT2D eigenvalue weighted by Crippen LogP contribution is -2.31. The van der Waals surface area contributed by atoms with E-state index < -0.39 is 0 Å². The third-order valence-corrected chi connectivity index (χ3v) is 6.39. The molecule has 1 aromatic heterocycles. The summed E-state index contributed by atoms with van der Waals surface area (Å²) >= 11 is 8.27. The first-order valence-electron chi connectivity index (χ1n) is 8.79. The summed E-state index contributed by atoms with van der Waals surface area (Å²) in [6.07, 6.45) is 1.02. The minimum Gasteiger partial charge on any atom is -0.358 e. The van der Waals surface area contributed by atoms with Gasteiger partial charge in [0.2, 0.25) is 5.91 Å². The van der Waals surface area contributed by atoms with Crippen molar-refractivity contribution >= 4 is 50.7 Å². The molecule has 7 heteroatoms. The SMILES string of the molecule is CCc1ccc(-c2csc(NC(=O)[C@H](C)SC(=S)N(CC)CC)n2)cc1. The Morgan fingerprint density at radius 1 is 1.27 bits per heavy atom. The number of aryl methyl sites for hydroxylation is 1. The van der Waals surface area contributed by atoms with Crippen molar-refractivity contribution in [3.63, 3.8) is 0 Å². The monoisotopic (exact) mass is 407 g/mol. The fraction of sp³-hybridized carbons (Fsp3) is 0.421. The van der Waals surface area contributed by atoms with E-state index in [0.717, 1.165) is 35.1 Å². The molecule has 0 aliphatic rings. The lowest BCUT2D eigenvalue weighted by Gasteiger charge is -2.22. The number of thiocarbonyl (C=S) groups is 1. The lowest BCUT2D eigenvalue weighted by molar-refractivity contribution is -0.115. The van der Waals surface area contributed by atoms with E-state index in [-0.39, 0.29) is 11.2 Å². The highest BCUT2D eigenvalue weighted by Gasteiger charge is 2.19. The van der Waals surface area contributed by atoms with Crippen molar-refractivity contribution < 1.29 is 4.79 Å². The van der Waals surface area contributed by atoms with Crippen molar-refractivity contribution in [1.82, 2.24) is 9.88 Å². The van der Waals surface area contributed by atoms with Crippen LogP contribution < -0.4 is 5.32 Å². The highest BCUT2D eigenvalue weighted by Crippen LogP contribution is 2.26. The number of thioether (sulfide) groups is 1. The molecule has 1 atom stereocenters. The molecule has 0 aliphatic carbocycles. The Kier molecular flexibility index (Phi) is 8.06. The lowest BCUT2D eigenvalue weighted by atomic mass is 10.1. The number of nitrogens with one attached hydrogen (secondary N) is 1. The molecule has 1 amide bonds. The Balaban J connectivity index is 1.96. The molecule has 1 aromatic carbocycles. The van der Waals surface area contributed by atoms with E-state index >= 15 is 0 Å². The van der Waals surface area contributed by atoms with Crippen LogP contribution in [-0.2, 0) is 11.2 Å². The van der Waals surface area contributed by atoms with Gasteiger partial charge in [0, 0.05) is 24.0 Å². The molecule has 0 radical (unpaired) electrons. The second-order valence-corrected chi connectivity index (χ2v) is 8.61.